The zero-order chi connectivity index (χ0) is 22.4. The van der Waals surface area contributed by atoms with E-state index in [0.717, 1.165) is 27.8 Å². The minimum absolute atomic E-state index is 0.0851. The van der Waals surface area contributed by atoms with Gasteiger partial charge in [-0.05, 0) is 36.4 Å². The summed E-state index contributed by atoms with van der Waals surface area (Å²) in [5.74, 6) is -1.35. The van der Waals surface area contributed by atoms with Crippen LogP contribution in [0, 0.1) is 5.82 Å². The van der Waals surface area contributed by atoms with Crippen LogP contribution in [0.4, 0.5) is 4.39 Å². The summed E-state index contributed by atoms with van der Waals surface area (Å²) in [7, 11) is -4.01. The van der Waals surface area contributed by atoms with E-state index in [9.17, 15) is 17.6 Å². The lowest BCUT2D eigenvalue weighted by Gasteiger charge is -2.19. The number of benzene rings is 2. The molecule has 0 atom stereocenters. The lowest BCUT2D eigenvalue weighted by Crippen LogP contribution is -2.32. The second kappa shape index (κ2) is 9.84. The summed E-state index contributed by atoms with van der Waals surface area (Å²) in [6.07, 6.45) is 2.34. The normalized spacial score (nSPS) is 11.6. The Morgan fingerprint density at radius 2 is 1.81 bits per heavy atom. The van der Waals surface area contributed by atoms with Gasteiger partial charge in [0, 0.05) is 37.8 Å². The summed E-state index contributed by atoms with van der Waals surface area (Å²) in [4.78, 5) is 12.0. The van der Waals surface area contributed by atoms with Crippen LogP contribution in [-0.4, -0.2) is 48.0 Å². The molecule has 1 aromatic heterocycles. The molecule has 0 spiro atoms. The highest BCUT2D eigenvalue weighted by atomic mass is 32.2. The van der Waals surface area contributed by atoms with E-state index in [4.69, 9.17) is 0 Å². The monoisotopic (exact) mass is 444 g/mol. The minimum atomic E-state index is -4.01. The molecule has 0 aliphatic heterocycles. The van der Waals surface area contributed by atoms with Crippen LogP contribution in [0.3, 0.4) is 0 Å². The van der Waals surface area contributed by atoms with Crippen LogP contribution in [-0.2, 0) is 16.4 Å². The third-order valence-corrected chi connectivity index (χ3v) is 6.91. The maximum Gasteiger partial charge on any atom is 0.251 e. The van der Waals surface area contributed by atoms with E-state index in [-0.39, 0.29) is 18.7 Å². The van der Waals surface area contributed by atoms with Gasteiger partial charge in [0.25, 0.3) is 5.91 Å². The Bertz CT molecular complexity index is 1140. The molecule has 0 aliphatic carbocycles. The Morgan fingerprint density at radius 1 is 1.10 bits per heavy atom. The third kappa shape index (κ3) is 5.18. The van der Waals surface area contributed by atoms with Crippen molar-refractivity contribution in [2.45, 2.75) is 25.2 Å². The number of carbonyl (C=O) groups is 1. The molecule has 3 rings (SSSR count). The largest absolute Gasteiger partial charge is 0.352 e. The predicted molar refractivity (Wildman–Crippen MR) is 116 cm³/mol. The summed E-state index contributed by atoms with van der Waals surface area (Å²) in [5, 5.41) is 7.21. The molecule has 0 bridgehead atoms. The van der Waals surface area contributed by atoms with Gasteiger partial charge in [0.15, 0.2) is 0 Å². The fourth-order valence-electron chi connectivity index (χ4n) is 3.17. The van der Waals surface area contributed by atoms with Crippen LogP contribution in [0.5, 0.6) is 0 Å². The van der Waals surface area contributed by atoms with Crippen molar-refractivity contribution in [3.8, 4) is 5.69 Å². The van der Waals surface area contributed by atoms with E-state index >= 15 is 0 Å². The number of hydrogen-bond donors (Lipinski definition) is 1. The number of sulfonamides is 1. The van der Waals surface area contributed by atoms with Gasteiger partial charge in [0.2, 0.25) is 10.0 Å². The van der Waals surface area contributed by atoms with Crippen LogP contribution >= 0.6 is 0 Å². The summed E-state index contributed by atoms with van der Waals surface area (Å²) < 4.78 is 42.4. The molecule has 7 nitrogen and oxygen atoms in total. The molecule has 1 heterocycles. The highest BCUT2D eigenvalue weighted by Gasteiger charge is 2.26. The van der Waals surface area contributed by atoms with E-state index < -0.39 is 26.6 Å². The molecule has 2 aromatic carbocycles. The van der Waals surface area contributed by atoms with Crippen molar-refractivity contribution in [3.63, 3.8) is 0 Å². The number of aromatic nitrogens is 2. The molecule has 0 radical (unpaired) electrons. The second-order valence-electron chi connectivity index (χ2n) is 6.83. The number of halogens is 1. The summed E-state index contributed by atoms with van der Waals surface area (Å²) in [6, 6.07) is 14.9. The van der Waals surface area contributed by atoms with Gasteiger partial charge in [-0.25, -0.2) is 17.5 Å². The summed E-state index contributed by atoms with van der Waals surface area (Å²) >= 11 is 0. The number of carbonyl (C=O) groups excluding carboxylic acids is 1. The first-order chi connectivity index (χ1) is 14.9. The summed E-state index contributed by atoms with van der Waals surface area (Å²) in [6.45, 7) is 4.08. The first kappa shape index (κ1) is 22.6. The van der Waals surface area contributed by atoms with Crippen molar-refractivity contribution < 1.29 is 17.6 Å². The van der Waals surface area contributed by atoms with Crippen molar-refractivity contribution >= 4 is 15.9 Å². The van der Waals surface area contributed by atoms with Gasteiger partial charge in [0.1, 0.15) is 10.7 Å². The Hall–Kier alpha value is -3.04. The van der Waals surface area contributed by atoms with E-state index in [0.29, 0.717) is 13.0 Å². The Kier molecular flexibility index (Phi) is 7.19. The standard InChI is InChI=1S/C22H25FN4O3S/c1-3-26(4-2)31(29,30)21-16-17(10-11-20(21)23)22(28)24-14-12-18-13-15-27(25-18)19-8-6-5-7-9-19/h5-11,13,15-16H,3-4,12,14H2,1-2H3,(H,24,28). The van der Waals surface area contributed by atoms with E-state index in [1.54, 1.807) is 18.5 Å². The van der Waals surface area contributed by atoms with Gasteiger partial charge < -0.3 is 5.32 Å². The van der Waals surface area contributed by atoms with Crippen LogP contribution in [0.1, 0.15) is 29.9 Å². The van der Waals surface area contributed by atoms with Gasteiger partial charge in [-0.2, -0.15) is 9.40 Å². The molecule has 0 unspecified atom stereocenters. The molecular formula is C22H25FN4O3S. The molecule has 0 fully saturated rings. The maximum atomic E-state index is 14.2. The molecule has 0 aliphatic rings. The van der Waals surface area contributed by atoms with Crippen LogP contribution in [0.25, 0.3) is 5.69 Å². The SMILES string of the molecule is CCN(CC)S(=O)(=O)c1cc(C(=O)NCCc2ccn(-c3ccccc3)n2)ccc1F. The zero-order valence-electron chi connectivity index (χ0n) is 17.5. The fraction of sp³-hybridized carbons (Fsp3) is 0.273. The van der Waals surface area contributed by atoms with Gasteiger partial charge in [-0.1, -0.05) is 32.0 Å². The molecule has 164 valence electrons. The van der Waals surface area contributed by atoms with Gasteiger partial charge >= 0.3 is 0 Å². The molecule has 31 heavy (non-hydrogen) atoms. The van der Waals surface area contributed by atoms with E-state index in [1.165, 1.54) is 6.07 Å². The third-order valence-electron chi connectivity index (χ3n) is 4.85. The molecule has 1 amide bonds. The van der Waals surface area contributed by atoms with Crippen molar-refractivity contribution in [2.24, 2.45) is 0 Å². The van der Waals surface area contributed by atoms with Crippen LogP contribution < -0.4 is 5.32 Å². The number of nitrogens with zero attached hydrogens (tertiary/aromatic N) is 3. The highest BCUT2D eigenvalue weighted by Crippen LogP contribution is 2.21. The van der Waals surface area contributed by atoms with Crippen LogP contribution in [0.2, 0.25) is 0 Å². The average molecular weight is 445 g/mol. The van der Waals surface area contributed by atoms with Gasteiger partial charge in [0.05, 0.1) is 11.4 Å². The zero-order valence-corrected chi connectivity index (χ0v) is 18.3. The number of hydrogen-bond acceptors (Lipinski definition) is 4. The quantitative estimate of drug-likeness (QED) is 0.550. The van der Waals surface area contributed by atoms with Crippen molar-refractivity contribution in [3.05, 3.63) is 77.9 Å². The summed E-state index contributed by atoms with van der Waals surface area (Å²) in [5.41, 5.74) is 1.82. The first-order valence-corrected chi connectivity index (χ1v) is 11.5. The second-order valence-corrected chi connectivity index (χ2v) is 8.73. The Labute approximate surface area is 181 Å². The molecule has 0 saturated heterocycles. The lowest BCUT2D eigenvalue weighted by molar-refractivity contribution is 0.0953. The van der Waals surface area contributed by atoms with Gasteiger partial charge in [-0.3, -0.25) is 4.79 Å². The Balaban J connectivity index is 1.66. The molecule has 9 heteroatoms. The lowest BCUT2D eigenvalue weighted by atomic mass is 10.2. The number of rotatable bonds is 9. The smallest absolute Gasteiger partial charge is 0.251 e. The minimum Gasteiger partial charge on any atom is -0.352 e. The van der Waals surface area contributed by atoms with Crippen molar-refractivity contribution in [1.29, 1.82) is 0 Å². The number of nitrogens with one attached hydrogen (secondary N) is 1. The van der Waals surface area contributed by atoms with Crippen LogP contribution in [0.15, 0.2) is 65.7 Å². The number of amides is 1. The molecule has 1 N–H and O–H groups in total. The van der Waals surface area contributed by atoms with E-state index in [1.807, 2.05) is 42.6 Å². The Morgan fingerprint density at radius 3 is 2.48 bits per heavy atom. The van der Waals surface area contributed by atoms with Crippen molar-refractivity contribution in [2.75, 3.05) is 19.6 Å². The molecule has 3 aromatic rings. The molecule has 0 saturated carbocycles. The van der Waals surface area contributed by atoms with E-state index in [2.05, 4.69) is 10.4 Å². The van der Waals surface area contributed by atoms with Crippen molar-refractivity contribution in [1.82, 2.24) is 19.4 Å². The average Bonchev–Trinajstić information content (AvgIpc) is 3.24. The maximum absolute atomic E-state index is 14.2. The fourth-order valence-corrected chi connectivity index (χ4v) is 4.72. The topological polar surface area (TPSA) is 84.3 Å². The highest BCUT2D eigenvalue weighted by molar-refractivity contribution is 7.89. The van der Waals surface area contributed by atoms with Gasteiger partial charge in [-0.15, -0.1) is 0 Å². The first-order valence-electron chi connectivity index (χ1n) is 10.0. The number of para-hydroxylation sites is 1. The molecular weight excluding hydrogens is 419 g/mol. The predicted octanol–water partition coefficient (Wildman–Crippen LogP) is 3.01.